The second-order valence-electron chi connectivity index (χ2n) is 7.04. The van der Waals surface area contributed by atoms with E-state index in [1.54, 1.807) is 6.07 Å². The molecule has 0 aliphatic carbocycles. The maximum Gasteiger partial charge on any atom is 0.306 e. The van der Waals surface area contributed by atoms with Crippen molar-refractivity contribution >= 4 is 5.97 Å². The number of rotatable bonds is 7. The van der Waals surface area contributed by atoms with E-state index in [1.165, 1.54) is 24.5 Å². The largest absolute Gasteiger partial charge is 0.508 e. The third-order valence-electron chi connectivity index (χ3n) is 3.83. The van der Waals surface area contributed by atoms with Crippen LogP contribution in [0.5, 0.6) is 11.5 Å². The zero-order valence-corrected chi connectivity index (χ0v) is 15.7. The Morgan fingerprint density at radius 2 is 1.96 bits per heavy atom. The minimum atomic E-state index is -0.465. The van der Waals surface area contributed by atoms with Gasteiger partial charge in [-0.05, 0) is 44.0 Å². The van der Waals surface area contributed by atoms with Gasteiger partial charge in [0, 0.05) is 18.4 Å². The average molecular weight is 358 g/mol. The van der Waals surface area contributed by atoms with E-state index < -0.39 is 6.10 Å². The van der Waals surface area contributed by atoms with Gasteiger partial charge in [-0.3, -0.25) is 4.79 Å². The normalized spacial score (nSPS) is 12.0. The van der Waals surface area contributed by atoms with E-state index in [2.05, 4.69) is 0 Å². The summed E-state index contributed by atoms with van der Waals surface area (Å²) in [5.74, 6) is 0.392. The summed E-state index contributed by atoms with van der Waals surface area (Å²) in [6, 6.07) is 5.94. The first-order chi connectivity index (χ1) is 12.3. The summed E-state index contributed by atoms with van der Waals surface area (Å²) in [5.41, 5.74) is 2.22. The summed E-state index contributed by atoms with van der Waals surface area (Å²) in [5, 5.41) is 19.6. The van der Waals surface area contributed by atoms with Crippen LogP contribution < -0.4 is 0 Å². The van der Waals surface area contributed by atoms with Crippen LogP contribution in [-0.2, 0) is 9.53 Å². The van der Waals surface area contributed by atoms with Crippen molar-refractivity contribution in [1.82, 2.24) is 0 Å². The number of phenols is 2. The Balaban J connectivity index is 2.27. The van der Waals surface area contributed by atoms with Gasteiger partial charge in [0.2, 0.25) is 0 Å². The fraction of sp³-hybridized carbons (Fsp3) is 0.381. The van der Waals surface area contributed by atoms with Crippen molar-refractivity contribution in [2.45, 2.75) is 46.6 Å². The fourth-order valence-electron chi connectivity index (χ4n) is 2.52. The van der Waals surface area contributed by atoms with Crippen LogP contribution in [0.2, 0.25) is 0 Å². The lowest BCUT2D eigenvalue weighted by atomic mass is 10.1. The number of hydrogen-bond donors (Lipinski definition) is 2. The summed E-state index contributed by atoms with van der Waals surface area (Å²) in [6.45, 7) is 7.90. The van der Waals surface area contributed by atoms with Crippen LogP contribution in [-0.4, -0.2) is 16.2 Å². The highest BCUT2D eigenvalue weighted by Crippen LogP contribution is 2.35. The van der Waals surface area contributed by atoms with E-state index in [-0.39, 0.29) is 23.4 Å². The van der Waals surface area contributed by atoms with Gasteiger partial charge in [0.25, 0.3) is 0 Å². The summed E-state index contributed by atoms with van der Waals surface area (Å²) >= 11 is 0. The molecule has 0 unspecified atom stereocenters. The first kappa shape index (κ1) is 19.6. The molecule has 0 aliphatic rings. The zero-order valence-electron chi connectivity index (χ0n) is 15.7. The Morgan fingerprint density at radius 3 is 2.62 bits per heavy atom. The molecule has 1 aromatic carbocycles. The summed E-state index contributed by atoms with van der Waals surface area (Å²) in [7, 11) is 0. The maximum absolute atomic E-state index is 12.1. The predicted molar refractivity (Wildman–Crippen MR) is 99.8 cm³/mol. The molecule has 2 rings (SSSR count). The van der Waals surface area contributed by atoms with Gasteiger partial charge in [-0.25, -0.2) is 0 Å². The third-order valence-corrected chi connectivity index (χ3v) is 3.83. The molecule has 5 nitrogen and oxygen atoms in total. The highest BCUT2D eigenvalue weighted by molar-refractivity contribution is 5.70. The van der Waals surface area contributed by atoms with Gasteiger partial charge in [-0.1, -0.05) is 25.5 Å². The number of benzene rings is 1. The van der Waals surface area contributed by atoms with Gasteiger partial charge < -0.3 is 19.4 Å². The molecule has 26 heavy (non-hydrogen) atoms. The number of hydrogen-bond acceptors (Lipinski definition) is 5. The van der Waals surface area contributed by atoms with Crippen molar-refractivity contribution in [2.24, 2.45) is 5.92 Å². The minimum absolute atomic E-state index is 0.00125. The molecular weight excluding hydrogens is 332 g/mol. The molecule has 0 radical (unpaired) electrons. The van der Waals surface area contributed by atoms with Crippen molar-refractivity contribution in [3.8, 4) is 22.8 Å². The number of carbonyl (C=O) groups is 1. The van der Waals surface area contributed by atoms with Crippen molar-refractivity contribution < 1.29 is 24.2 Å². The van der Waals surface area contributed by atoms with Gasteiger partial charge in [0.05, 0.1) is 11.8 Å². The molecule has 2 aromatic rings. The molecule has 0 fully saturated rings. The number of allylic oxidation sites excluding steroid dienone is 1. The monoisotopic (exact) mass is 358 g/mol. The number of phenolic OH excluding ortho intramolecular Hbond substituents is 2. The molecule has 2 N–H and O–H groups in total. The SMILES string of the molecule is CC(C)=CC[C@H](OC(=O)CC(C)C)c1coc(-c2cc(O)ccc2O)c1. The third kappa shape index (κ3) is 5.41. The first-order valence-electron chi connectivity index (χ1n) is 8.70. The second kappa shape index (κ2) is 8.61. The molecule has 0 saturated heterocycles. The fourth-order valence-corrected chi connectivity index (χ4v) is 2.52. The molecule has 0 amide bonds. The highest BCUT2D eigenvalue weighted by Gasteiger charge is 2.20. The summed E-state index contributed by atoms with van der Waals surface area (Å²) < 4.78 is 11.2. The van der Waals surface area contributed by atoms with Crippen LogP contribution in [0.3, 0.4) is 0 Å². The van der Waals surface area contributed by atoms with E-state index in [4.69, 9.17) is 9.15 Å². The maximum atomic E-state index is 12.1. The smallest absolute Gasteiger partial charge is 0.306 e. The quantitative estimate of drug-likeness (QED) is 0.396. The Bertz CT molecular complexity index is 781. The Kier molecular flexibility index (Phi) is 6.50. The number of esters is 1. The van der Waals surface area contributed by atoms with E-state index in [0.717, 1.165) is 5.57 Å². The van der Waals surface area contributed by atoms with Gasteiger partial charge in [0.1, 0.15) is 23.4 Å². The second-order valence-corrected chi connectivity index (χ2v) is 7.04. The summed E-state index contributed by atoms with van der Waals surface area (Å²) in [6.07, 6.45) is 3.95. The van der Waals surface area contributed by atoms with Crippen LogP contribution in [0.15, 0.2) is 46.6 Å². The molecule has 0 saturated carbocycles. The molecule has 0 spiro atoms. The lowest BCUT2D eigenvalue weighted by Crippen LogP contribution is -2.12. The lowest BCUT2D eigenvalue weighted by Gasteiger charge is -2.16. The van der Waals surface area contributed by atoms with Gasteiger partial charge >= 0.3 is 5.97 Å². The molecule has 1 atom stereocenters. The van der Waals surface area contributed by atoms with E-state index in [1.807, 2.05) is 33.8 Å². The zero-order chi connectivity index (χ0) is 19.3. The average Bonchev–Trinajstić information content (AvgIpc) is 3.02. The van der Waals surface area contributed by atoms with Crippen LogP contribution in [0.25, 0.3) is 11.3 Å². The van der Waals surface area contributed by atoms with Crippen molar-refractivity contribution in [1.29, 1.82) is 0 Å². The van der Waals surface area contributed by atoms with Crippen LogP contribution in [0.4, 0.5) is 0 Å². The molecular formula is C21H26O5. The number of aromatic hydroxyl groups is 2. The predicted octanol–water partition coefficient (Wildman–Crippen LogP) is 5.34. The van der Waals surface area contributed by atoms with Crippen molar-refractivity contribution in [3.05, 3.63) is 47.7 Å². The van der Waals surface area contributed by atoms with E-state index in [0.29, 0.717) is 29.7 Å². The highest BCUT2D eigenvalue weighted by atomic mass is 16.5. The van der Waals surface area contributed by atoms with Crippen molar-refractivity contribution in [3.63, 3.8) is 0 Å². The number of carbonyl (C=O) groups excluding carboxylic acids is 1. The van der Waals surface area contributed by atoms with Crippen molar-refractivity contribution in [2.75, 3.05) is 0 Å². The Hall–Kier alpha value is -2.69. The standard InChI is InChI=1S/C21H26O5/c1-13(2)5-8-19(26-21(24)9-14(3)4)15-10-20(25-12-15)17-11-16(22)6-7-18(17)23/h5-7,10-12,14,19,22-23H,8-9H2,1-4H3/t19-/m0/s1. The molecule has 1 aromatic heterocycles. The molecule has 5 heteroatoms. The molecule has 0 aliphatic heterocycles. The molecule has 0 bridgehead atoms. The number of ether oxygens (including phenoxy) is 1. The van der Waals surface area contributed by atoms with Gasteiger partial charge in [0.15, 0.2) is 0 Å². The lowest BCUT2D eigenvalue weighted by molar-refractivity contribution is -0.150. The van der Waals surface area contributed by atoms with E-state index >= 15 is 0 Å². The van der Waals surface area contributed by atoms with Crippen LogP contribution >= 0.6 is 0 Å². The van der Waals surface area contributed by atoms with Gasteiger partial charge in [-0.2, -0.15) is 0 Å². The summed E-state index contributed by atoms with van der Waals surface area (Å²) in [4.78, 5) is 12.1. The van der Waals surface area contributed by atoms with Crippen LogP contribution in [0, 0.1) is 5.92 Å². The first-order valence-corrected chi connectivity index (χ1v) is 8.70. The van der Waals surface area contributed by atoms with Gasteiger partial charge in [-0.15, -0.1) is 0 Å². The Labute approximate surface area is 153 Å². The molecule has 140 valence electrons. The topological polar surface area (TPSA) is 79.9 Å². The minimum Gasteiger partial charge on any atom is -0.508 e. The van der Waals surface area contributed by atoms with Crippen LogP contribution in [0.1, 0.15) is 52.2 Å². The molecule has 1 heterocycles. The Morgan fingerprint density at radius 1 is 1.23 bits per heavy atom. The number of furan rings is 1. The van der Waals surface area contributed by atoms with E-state index in [9.17, 15) is 15.0 Å².